The molecule has 2 rings (SSSR count). The minimum Gasteiger partial charge on any atom is -0.481 e. The maximum atomic E-state index is 12.0. The van der Waals surface area contributed by atoms with Crippen LogP contribution in [-0.4, -0.2) is 45.1 Å². The van der Waals surface area contributed by atoms with Gasteiger partial charge in [0, 0.05) is 19.3 Å². The lowest BCUT2D eigenvalue weighted by molar-refractivity contribution is -0.143. The molecule has 0 atom stereocenters. The number of rotatable bonds is 3. The standard InChI is InChI=1S/C13H18N4O3/c1-9-14-5-2-11(16-9)8-15-13(20)17-6-3-10(4-7-17)12(18)19/h2,5,10H,3-4,6-8H2,1H3,(H,15,20)(H,18,19). The highest BCUT2D eigenvalue weighted by molar-refractivity contribution is 5.75. The van der Waals surface area contributed by atoms with Crippen molar-refractivity contribution < 1.29 is 14.7 Å². The first-order chi connectivity index (χ1) is 9.56. The van der Waals surface area contributed by atoms with Gasteiger partial charge in [-0.05, 0) is 25.8 Å². The van der Waals surface area contributed by atoms with Crippen molar-refractivity contribution in [2.24, 2.45) is 5.92 Å². The number of likely N-dealkylation sites (tertiary alicyclic amines) is 1. The Kier molecular flexibility index (Phi) is 4.49. The highest BCUT2D eigenvalue weighted by Crippen LogP contribution is 2.17. The maximum absolute atomic E-state index is 12.0. The molecule has 108 valence electrons. The molecule has 1 saturated heterocycles. The third kappa shape index (κ3) is 3.66. The number of carboxylic acids is 1. The average molecular weight is 278 g/mol. The van der Waals surface area contributed by atoms with E-state index in [1.165, 1.54) is 0 Å². The molecular formula is C13H18N4O3. The molecule has 0 spiro atoms. The van der Waals surface area contributed by atoms with E-state index in [1.54, 1.807) is 24.1 Å². The molecule has 0 aromatic carbocycles. The van der Waals surface area contributed by atoms with Crippen molar-refractivity contribution in [3.05, 3.63) is 23.8 Å². The Hall–Kier alpha value is -2.18. The van der Waals surface area contributed by atoms with E-state index in [4.69, 9.17) is 5.11 Å². The van der Waals surface area contributed by atoms with Gasteiger partial charge < -0.3 is 15.3 Å². The molecular weight excluding hydrogens is 260 g/mol. The third-order valence-electron chi connectivity index (χ3n) is 3.39. The molecule has 1 aromatic heterocycles. The van der Waals surface area contributed by atoms with E-state index in [0.717, 1.165) is 5.69 Å². The Balaban J connectivity index is 1.80. The molecule has 7 nitrogen and oxygen atoms in total. The van der Waals surface area contributed by atoms with E-state index in [9.17, 15) is 9.59 Å². The van der Waals surface area contributed by atoms with Crippen LogP contribution in [0.5, 0.6) is 0 Å². The summed E-state index contributed by atoms with van der Waals surface area (Å²) in [7, 11) is 0. The Labute approximate surface area is 117 Å². The van der Waals surface area contributed by atoms with Gasteiger partial charge in [-0.2, -0.15) is 0 Å². The molecule has 0 bridgehead atoms. The number of carboxylic acid groups (broad SMARTS) is 1. The molecule has 7 heteroatoms. The van der Waals surface area contributed by atoms with Gasteiger partial charge in [0.1, 0.15) is 5.82 Å². The summed E-state index contributed by atoms with van der Waals surface area (Å²) in [5.74, 6) is -0.441. The van der Waals surface area contributed by atoms with Crippen LogP contribution in [0.15, 0.2) is 12.3 Å². The predicted molar refractivity (Wildman–Crippen MR) is 70.9 cm³/mol. The molecule has 1 aliphatic heterocycles. The van der Waals surface area contributed by atoms with E-state index in [0.29, 0.717) is 38.3 Å². The molecule has 2 amide bonds. The first-order valence-corrected chi connectivity index (χ1v) is 6.60. The minimum absolute atomic E-state index is 0.176. The summed E-state index contributed by atoms with van der Waals surface area (Å²) < 4.78 is 0. The summed E-state index contributed by atoms with van der Waals surface area (Å²) in [6, 6.07) is 1.58. The summed E-state index contributed by atoms with van der Waals surface area (Å²) in [6.45, 7) is 3.10. The van der Waals surface area contributed by atoms with Crippen molar-refractivity contribution >= 4 is 12.0 Å². The number of aliphatic carboxylic acids is 1. The lowest BCUT2D eigenvalue weighted by Crippen LogP contribution is -2.45. The van der Waals surface area contributed by atoms with Crippen LogP contribution in [-0.2, 0) is 11.3 Å². The molecule has 2 heterocycles. The van der Waals surface area contributed by atoms with Gasteiger partial charge in [0.15, 0.2) is 0 Å². The van der Waals surface area contributed by atoms with Gasteiger partial charge >= 0.3 is 12.0 Å². The summed E-state index contributed by atoms with van der Waals surface area (Å²) in [5, 5.41) is 11.7. The number of carbonyl (C=O) groups is 2. The van der Waals surface area contributed by atoms with Crippen LogP contribution in [0.4, 0.5) is 4.79 Å². The van der Waals surface area contributed by atoms with E-state index < -0.39 is 5.97 Å². The number of carbonyl (C=O) groups excluding carboxylic acids is 1. The van der Waals surface area contributed by atoms with Crippen molar-refractivity contribution in [2.45, 2.75) is 26.3 Å². The van der Waals surface area contributed by atoms with Crippen LogP contribution in [0.25, 0.3) is 0 Å². The van der Waals surface area contributed by atoms with Gasteiger partial charge in [-0.1, -0.05) is 0 Å². The van der Waals surface area contributed by atoms with Crippen LogP contribution in [0.3, 0.4) is 0 Å². The molecule has 20 heavy (non-hydrogen) atoms. The number of urea groups is 1. The number of aromatic nitrogens is 2. The average Bonchev–Trinajstić information content (AvgIpc) is 2.45. The first-order valence-electron chi connectivity index (χ1n) is 6.60. The zero-order chi connectivity index (χ0) is 14.5. The Morgan fingerprint density at radius 1 is 1.45 bits per heavy atom. The largest absolute Gasteiger partial charge is 0.481 e. The van der Waals surface area contributed by atoms with Gasteiger partial charge in [-0.15, -0.1) is 0 Å². The van der Waals surface area contributed by atoms with Crippen molar-refractivity contribution in [3.63, 3.8) is 0 Å². The van der Waals surface area contributed by atoms with E-state index >= 15 is 0 Å². The second-order valence-electron chi connectivity index (χ2n) is 4.85. The van der Waals surface area contributed by atoms with Crippen LogP contribution < -0.4 is 5.32 Å². The maximum Gasteiger partial charge on any atom is 0.317 e. The van der Waals surface area contributed by atoms with Crippen molar-refractivity contribution in [1.29, 1.82) is 0 Å². The molecule has 1 aromatic rings. The van der Waals surface area contributed by atoms with Gasteiger partial charge in [0.25, 0.3) is 0 Å². The summed E-state index contributed by atoms with van der Waals surface area (Å²) in [5.41, 5.74) is 0.756. The van der Waals surface area contributed by atoms with E-state index in [2.05, 4.69) is 15.3 Å². The number of nitrogens with one attached hydrogen (secondary N) is 1. The first kappa shape index (κ1) is 14.2. The third-order valence-corrected chi connectivity index (χ3v) is 3.39. The van der Waals surface area contributed by atoms with Crippen molar-refractivity contribution in [2.75, 3.05) is 13.1 Å². The molecule has 1 fully saturated rings. The van der Waals surface area contributed by atoms with Crippen LogP contribution in [0, 0.1) is 12.8 Å². The van der Waals surface area contributed by atoms with Crippen LogP contribution in [0.1, 0.15) is 24.4 Å². The molecule has 0 radical (unpaired) electrons. The zero-order valence-corrected chi connectivity index (χ0v) is 11.4. The summed E-state index contributed by atoms with van der Waals surface area (Å²) >= 11 is 0. The van der Waals surface area contributed by atoms with E-state index in [-0.39, 0.29) is 11.9 Å². The van der Waals surface area contributed by atoms with Crippen molar-refractivity contribution in [1.82, 2.24) is 20.2 Å². The highest BCUT2D eigenvalue weighted by Gasteiger charge is 2.26. The number of amides is 2. The summed E-state index contributed by atoms with van der Waals surface area (Å²) in [4.78, 5) is 32.6. The fraction of sp³-hybridized carbons (Fsp3) is 0.538. The van der Waals surface area contributed by atoms with E-state index in [1.807, 2.05) is 0 Å². The number of piperidine rings is 1. The minimum atomic E-state index is -0.776. The SMILES string of the molecule is Cc1nccc(CNC(=O)N2CCC(C(=O)O)CC2)n1. The fourth-order valence-electron chi connectivity index (χ4n) is 2.21. The van der Waals surface area contributed by atoms with Gasteiger partial charge in [-0.3, -0.25) is 4.79 Å². The van der Waals surface area contributed by atoms with Gasteiger partial charge in [-0.25, -0.2) is 14.8 Å². The number of aryl methyl sites for hydroxylation is 1. The second-order valence-corrected chi connectivity index (χ2v) is 4.85. The Morgan fingerprint density at radius 3 is 2.75 bits per heavy atom. The Morgan fingerprint density at radius 2 is 2.15 bits per heavy atom. The summed E-state index contributed by atoms with van der Waals surface area (Å²) in [6.07, 6.45) is 2.67. The molecule has 0 aliphatic carbocycles. The topological polar surface area (TPSA) is 95.4 Å². The second kappa shape index (κ2) is 6.31. The predicted octanol–water partition coefficient (Wildman–Crippen LogP) is 0.791. The van der Waals surface area contributed by atoms with Crippen molar-refractivity contribution in [3.8, 4) is 0 Å². The van der Waals surface area contributed by atoms with Crippen LogP contribution >= 0.6 is 0 Å². The molecule has 2 N–H and O–H groups in total. The molecule has 0 unspecified atom stereocenters. The fourth-order valence-corrected chi connectivity index (χ4v) is 2.21. The van der Waals surface area contributed by atoms with Gasteiger partial charge in [0.05, 0.1) is 18.2 Å². The number of hydrogen-bond donors (Lipinski definition) is 2. The number of nitrogens with zero attached hydrogens (tertiary/aromatic N) is 3. The lowest BCUT2D eigenvalue weighted by Gasteiger charge is -2.30. The molecule has 1 aliphatic rings. The zero-order valence-electron chi connectivity index (χ0n) is 11.4. The monoisotopic (exact) mass is 278 g/mol. The normalized spacial score (nSPS) is 15.9. The Bertz CT molecular complexity index is 498. The lowest BCUT2D eigenvalue weighted by atomic mass is 9.97. The van der Waals surface area contributed by atoms with Crippen LogP contribution in [0.2, 0.25) is 0 Å². The van der Waals surface area contributed by atoms with Gasteiger partial charge in [0.2, 0.25) is 0 Å². The number of hydrogen-bond acceptors (Lipinski definition) is 4. The highest BCUT2D eigenvalue weighted by atomic mass is 16.4. The smallest absolute Gasteiger partial charge is 0.317 e. The molecule has 0 saturated carbocycles. The quantitative estimate of drug-likeness (QED) is 0.852.